The Balaban J connectivity index is 1.11. The molecule has 1 aromatic heterocycles. The summed E-state index contributed by atoms with van der Waals surface area (Å²) in [4.78, 5) is 2.41. The minimum absolute atomic E-state index is 0.0170. The second kappa shape index (κ2) is 12.2. The number of hydrogen-bond acceptors (Lipinski definition) is 2. The maximum absolute atomic E-state index is 4.14. The SMILES string of the molecule is CN1c2ccccc2C(c2cccc(-c3ccccc3)c2)NC1c1cccc2c(-n3c4ccc5ccccc5c4c4c5ccccc5ccc43)cccc12. The van der Waals surface area contributed by atoms with Crippen molar-refractivity contribution in [1.29, 1.82) is 0 Å². The average Bonchev–Trinajstić information content (AvgIpc) is 3.59. The third-order valence-electron chi connectivity index (χ3n) is 11.7. The van der Waals surface area contributed by atoms with E-state index in [1.165, 1.54) is 93.3 Å². The summed E-state index contributed by atoms with van der Waals surface area (Å²) < 4.78 is 2.50. The summed E-state index contributed by atoms with van der Waals surface area (Å²) in [5, 5.41) is 14.3. The third kappa shape index (κ3) is 4.65. The van der Waals surface area contributed by atoms with E-state index in [0.717, 1.165) is 0 Å². The molecular weight excluding hydrogens is 655 g/mol. The van der Waals surface area contributed by atoms with Crippen molar-refractivity contribution < 1.29 is 0 Å². The summed E-state index contributed by atoms with van der Waals surface area (Å²) in [5.41, 5.74) is 11.1. The minimum Gasteiger partial charge on any atom is -0.355 e. The highest BCUT2D eigenvalue weighted by Crippen LogP contribution is 2.45. The summed E-state index contributed by atoms with van der Waals surface area (Å²) in [6.45, 7) is 0. The molecule has 3 heteroatoms. The van der Waals surface area contributed by atoms with Gasteiger partial charge in [0.2, 0.25) is 0 Å². The third-order valence-corrected chi connectivity index (χ3v) is 11.7. The van der Waals surface area contributed by atoms with Crippen LogP contribution in [0.5, 0.6) is 0 Å². The molecule has 54 heavy (non-hydrogen) atoms. The number of hydrogen-bond donors (Lipinski definition) is 1. The molecule has 0 aliphatic carbocycles. The van der Waals surface area contributed by atoms with Crippen molar-refractivity contribution >= 4 is 59.8 Å². The van der Waals surface area contributed by atoms with Crippen LogP contribution >= 0.6 is 0 Å². The van der Waals surface area contributed by atoms with E-state index in [2.05, 4.69) is 210 Å². The Kier molecular flexibility index (Phi) is 6.98. The Morgan fingerprint density at radius 3 is 1.74 bits per heavy atom. The Bertz CT molecular complexity index is 2970. The lowest BCUT2D eigenvalue weighted by molar-refractivity contribution is 0.456. The average molecular weight is 692 g/mol. The van der Waals surface area contributed by atoms with E-state index in [-0.39, 0.29) is 12.2 Å². The summed E-state index contributed by atoms with van der Waals surface area (Å²) in [6.07, 6.45) is -0.0599. The summed E-state index contributed by atoms with van der Waals surface area (Å²) in [7, 11) is 2.22. The number of fused-ring (bicyclic) bond motifs is 9. The number of nitrogens with one attached hydrogen (secondary N) is 1. The predicted molar refractivity (Wildman–Crippen MR) is 228 cm³/mol. The first-order valence-corrected chi connectivity index (χ1v) is 18.8. The number of nitrogens with zero attached hydrogens (tertiary/aromatic N) is 2. The Morgan fingerprint density at radius 1 is 0.426 bits per heavy atom. The van der Waals surface area contributed by atoms with Crippen LogP contribution in [0, 0.1) is 0 Å². The lowest BCUT2D eigenvalue weighted by Crippen LogP contribution is -2.43. The van der Waals surface area contributed by atoms with Crippen molar-refractivity contribution in [2.75, 3.05) is 11.9 Å². The molecule has 2 atom stereocenters. The Labute approximate surface area is 314 Å². The first-order chi connectivity index (χ1) is 26.7. The first kappa shape index (κ1) is 30.9. The van der Waals surface area contributed by atoms with Gasteiger partial charge in [-0.3, -0.25) is 5.32 Å². The first-order valence-electron chi connectivity index (χ1n) is 18.8. The van der Waals surface area contributed by atoms with Crippen LogP contribution in [0.1, 0.15) is 28.9 Å². The molecule has 0 amide bonds. The summed E-state index contributed by atoms with van der Waals surface area (Å²) >= 11 is 0. The topological polar surface area (TPSA) is 20.2 Å². The van der Waals surface area contributed by atoms with E-state index in [0.29, 0.717) is 0 Å². The minimum atomic E-state index is -0.0599. The van der Waals surface area contributed by atoms with Crippen LogP contribution in [0.15, 0.2) is 188 Å². The molecule has 0 saturated carbocycles. The molecule has 10 aromatic rings. The quantitative estimate of drug-likeness (QED) is 0.198. The van der Waals surface area contributed by atoms with Gasteiger partial charge in [-0.05, 0) is 85.1 Å². The largest absolute Gasteiger partial charge is 0.355 e. The van der Waals surface area contributed by atoms with Gasteiger partial charge < -0.3 is 9.47 Å². The zero-order valence-corrected chi connectivity index (χ0v) is 29.9. The van der Waals surface area contributed by atoms with Crippen LogP contribution in [0.3, 0.4) is 0 Å². The van der Waals surface area contributed by atoms with Crippen molar-refractivity contribution in [2.24, 2.45) is 0 Å². The molecule has 0 saturated heterocycles. The van der Waals surface area contributed by atoms with E-state index < -0.39 is 0 Å². The van der Waals surface area contributed by atoms with E-state index >= 15 is 0 Å². The molecule has 0 spiro atoms. The highest BCUT2D eigenvalue weighted by atomic mass is 15.3. The maximum Gasteiger partial charge on any atom is 0.107 e. The fraction of sp³-hybridized carbons (Fsp3) is 0.0588. The van der Waals surface area contributed by atoms with Crippen molar-refractivity contribution in [1.82, 2.24) is 9.88 Å². The summed E-state index contributed by atoms with van der Waals surface area (Å²) in [6, 6.07) is 69.0. The molecule has 1 aliphatic heterocycles. The van der Waals surface area contributed by atoms with Gasteiger partial charge in [0.1, 0.15) is 6.17 Å². The van der Waals surface area contributed by atoms with Crippen LogP contribution in [0.4, 0.5) is 5.69 Å². The van der Waals surface area contributed by atoms with Gasteiger partial charge in [-0.1, -0.05) is 158 Å². The molecule has 2 heterocycles. The molecule has 256 valence electrons. The molecule has 9 aromatic carbocycles. The lowest BCUT2D eigenvalue weighted by Gasteiger charge is -2.42. The van der Waals surface area contributed by atoms with Crippen LogP contribution < -0.4 is 10.2 Å². The van der Waals surface area contributed by atoms with Gasteiger partial charge in [-0.15, -0.1) is 0 Å². The normalized spacial score (nSPS) is 15.8. The smallest absolute Gasteiger partial charge is 0.107 e. The second-order valence-electron chi connectivity index (χ2n) is 14.6. The zero-order chi connectivity index (χ0) is 35.8. The van der Waals surface area contributed by atoms with Crippen molar-refractivity contribution in [3.8, 4) is 16.8 Å². The highest BCUT2D eigenvalue weighted by Gasteiger charge is 2.33. The van der Waals surface area contributed by atoms with Gasteiger partial charge in [-0.25, -0.2) is 0 Å². The highest BCUT2D eigenvalue weighted by molar-refractivity contribution is 6.28. The van der Waals surface area contributed by atoms with Gasteiger partial charge in [-0.2, -0.15) is 0 Å². The zero-order valence-electron chi connectivity index (χ0n) is 29.9. The van der Waals surface area contributed by atoms with E-state index in [1.54, 1.807) is 0 Å². The fourth-order valence-electron chi connectivity index (χ4n) is 9.21. The maximum atomic E-state index is 4.14. The predicted octanol–water partition coefficient (Wildman–Crippen LogP) is 12.7. The number of aromatic nitrogens is 1. The van der Waals surface area contributed by atoms with Crippen molar-refractivity contribution in [2.45, 2.75) is 12.2 Å². The molecule has 11 rings (SSSR count). The molecule has 1 N–H and O–H groups in total. The molecule has 2 unspecified atom stereocenters. The van der Waals surface area contributed by atoms with Crippen LogP contribution in [-0.4, -0.2) is 11.6 Å². The number of para-hydroxylation sites is 1. The fourth-order valence-corrected chi connectivity index (χ4v) is 9.21. The van der Waals surface area contributed by atoms with Crippen LogP contribution in [0.25, 0.3) is 70.9 Å². The van der Waals surface area contributed by atoms with Gasteiger partial charge in [0.15, 0.2) is 0 Å². The molecule has 1 aliphatic rings. The number of benzene rings is 9. The molecule has 0 radical (unpaired) electrons. The van der Waals surface area contributed by atoms with Crippen LogP contribution in [0.2, 0.25) is 0 Å². The molecule has 0 fully saturated rings. The Morgan fingerprint density at radius 2 is 0.981 bits per heavy atom. The van der Waals surface area contributed by atoms with E-state index in [4.69, 9.17) is 0 Å². The monoisotopic (exact) mass is 691 g/mol. The standard InChI is InChI=1S/C51H37N3/c1-53-44-26-10-9-22-43(44)50(37-19-11-18-36(32-37)33-14-3-2-4-15-33)52-51(53)42-25-12-24-41-40(42)23-13-27-45(41)54-46-30-28-34-16-5-7-20-38(34)48(46)49-39-21-8-6-17-35(39)29-31-47(49)54/h2-32,50-52H,1H3. The lowest BCUT2D eigenvalue weighted by atomic mass is 9.90. The van der Waals surface area contributed by atoms with Gasteiger partial charge in [0.05, 0.1) is 22.8 Å². The molecule has 3 nitrogen and oxygen atoms in total. The van der Waals surface area contributed by atoms with Crippen molar-refractivity contribution in [3.05, 3.63) is 205 Å². The van der Waals surface area contributed by atoms with Gasteiger partial charge in [0.25, 0.3) is 0 Å². The molecular formula is C51H37N3. The number of rotatable bonds is 4. The second-order valence-corrected chi connectivity index (χ2v) is 14.6. The van der Waals surface area contributed by atoms with Gasteiger partial charge >= 0.3 is 0 Å². The summed E-state index contributed by atoms with van der Waals surface area (Å²) in [5.74, 6) is 0. The number of anilines is 1. The molecule has 0 bridgehead atoms. The van der Waals surface area contributed by atoms with E-state index in [9.17, 15) is 0 Å². The van der Waals surface area contributed by atoms with Gasteiger partial charge in [0, 0.05) is 28.9 Å². The van der Waals surface area contributed by atoms with E-state index in [1.807, 2.05) is 0 Å². The van der Waals surface area contributed by atoms with Crippen molar-refractivity contribution in [3.63, 3.8) is 0 Å². The Hall–Kier alpha value is -6.68. The van der Waals surface area contributed by atoms with Crippen LogP contribution in [-0.2, 0) is 0 Å².